The van der Waals surface area contributed by atoms with E-state index in [1.165, 1.54) is 19.3 Å². The zero-order valence-electron chi connectivity index (χ0n) is 14.0. The molecule has 1 atom stereocenters. The molecular formula is C18H24N4O2. The molecule has 1 heterocycles. The van der Waals surface area contributed by atoms with E-state index in [0.717, 1.165) is 23.9 Å². The fourth-order valence-electron chi connectivity index (χ4n) is 3.26. The molecule has 0 bridgehead atoms. The number of benzene rings is 1. The number of nitrogens with one attached hydrogen (secondary N) is 3. The van der Waals surface area contributed by atoms with Gasteiger partial charge in [-0.05, 0) is 37.8 Å². The molecule has 6 nitrogen and oxygen atoms in total. The van der Waals surface area contributed by atoms with E-state index in [1.54, 1.807) is 6.92 Å². The minimum absolute atomic E-state index is 0.0471. The van der Waals surface area contributed by atoms with Crippen LogP contribution in [0.25, 0.3) is 11.0 Å². The largest absolute Gasteiger partial charge is 0.345 e. The van der Waals surface area contributed by atoms with Crippen LogP contribution < -0.4 is 10.6 Å². The number of aromatic nitrogens is 2. The number of rotatable bonds is 5. The molecule has 1 aliphatic rings. The standard InChI is InChI=1S/C18H24N4O2/c1-12(19-16(23)11-13-7-3-2-4-8-13)17(24)22-18-20-14-9-5-6-10-15(14)21-18/h5-6,9-10,12-13H,2-4,7-8,11H2,1H3,(H,19,23)(H2,20,21,22,24). The summed E-state index contributed by atoms with van der Waals surface area (Å²) in [6, 6.07) is 6.97. The summed E-state index contributed by atoms with van der Waals surface area (Å²) in [6.45, 7) is 1.69. The Morgan fingerprint density at radius 1 is 1.25 bits per heavy atom. The number of anilines is 1. The van der Waals surface area contributed by atoms with Crippen LogP contribution in [0.2, 0.25) is 0 Å². The number of hydrogen-bond donors (Lipinski definition) is 3. The highest BCUT2D eigenvalue weighted by Crippen LogP contribution is 2.26. The van der Waals surface area contributed by atoms with Crippen molar-refractivity contribution in [2.24, 2.45) is 5.92 Å². The second kappa shape index (κ2) is 7.47. The van der Waals surface area contributed by atoms with E-state index < -0.39 is 6.04 Å². The predicted octanol–water partition coefficient (Wildman–Crippen LogP) is 2.98. The number of imidazole rings is 1. The molecule has 3 N–H and O–H groups in total. The van der Waals surface area contributed by atoms with Crippen molar-refractivity contribution in [2.45, 2.75) is 51.5 Å². The molecule has 2 amide bonds. The van der Waals surface area contributed by atoms with Gasteiger partial charge >= 0.3 is 0 Å². The summed E-state index contributed by atoms with van der Waals surface area (Å²) < 4.78 is 0. The van der Waals surface area contributed by atoms with E-state index in [9.17, 15) is 9.59 Å². The van der Waals surface area contributed by atoms with Crippen LogP contribution in [0.5, 0.6) is 0 Å². The minimum Gasteiger partial charge on any atom is -0.345 e. The molecule has 6 heteroatoms. The van der Waals surface area contributed by atoms with Gasteiger partial charge in [0.1, 0.15) is 6.04 Å². The average molecular weight is 328 g/mol. The molecule has 1 fully saturated rings. The fourth-order valence-corrected chi connectivity index (χ4v) is 3.26. The van der Waals surface area contributed by atoms with Crippen molar-refractivity contribution in [1.82, 2.24) is 15.3 Å². The Labute approximate surface area is 141 Å². The lowest BCUT2D eigenvalue weighted by Crippen LogP contribution is -2.42. The van der Waals surface area contributed by atoms with Crippen LogP contribution in [0.15, 0.2) is 24.3 Å². The van der Waals surface area contributed by atoms with Crippen LogP contribution in [0.3, 0.4) is 0 Å². The Hall–Kier alpha value is -2.37. The predicted molar refractivity (Wildman–Crippen MR) is 93.5 cm³/mol. The maximum atomic E-state index is 12.2. The lowest BCUT2D eigenvalue weighted by atomic mass is 9.87. The van der Waals surface area contributed by atoms with Crippen LogP contribution in [0.1, 0.15) is 45.4 Å². The molecular weight excluding hydrogens is 304 g/mol. The Morgan fingerprint density at radius 3 is 2.75 bits per heavy atom. The number of nitrogens with zero attached hydrogens (tertiary/aromatic N) is 1. The van der Waals surface area contributed by atoms with Crippen LogP contribution >= 0.6 is 0 Å². The summed E-state index contributed by atoms with van der Waals surface area (Å²) in [4.78, 5) is 31.7. The Kier molecular flexibility index (Phi) is 5.13. The van der Waals surface area contributed by atoms with Gasteiger partial charge in [-0.2, -0.15) is 0 Å². The summed E-state index contributed by atoms with van der Waals surface area (Å²) in [6.07, 6.45) is 6.44. The van der Waals surface area contributed by atoms with Gasteiger partial charge < -0.3 is 10.3 Å². The second-order valence-corrected chi connectivity index (χ2v) is 6.59. The number of hydrogen-bond acceptors (Lipinski definition) is 3. The molecule has 1 unspecified atom stereocenters. The van der Waals surface area contributed by atoms with Gasteiger partial charge in [0.25, 0.3) is 0 Å². The Bertz CT molecular complexity index is 686. The van der Waals surface area contributed by atoms with Gasteiger partial charge in [0, 0.05) is 6.42 Å². The van der Waals surface area contributed by atoms with Gasteiger partial charge in [0.05, 0.1) is 11.0 Å². The van der Waals surface area contributed by atoms with Crippen LogP contribution in [-0.4, -0.2) is 27.8 Å². The first-order valence-electron chi connectivity index (χ1n) is 8.67. The molecule has 0 aliphatic heterocycles. The van der Waals surface area contributed by atoms with Gasteiger partial charge in [-0.25, -0.2) is 4.98 Å². The molecule has 0 spiro atoms. The summed E-state index contributed by atoms with van der Waals surface area (Å²) in [7, 11) is 0. The highest BCUT2D eigenvalue weighted by Gasteiger charge is 2.21. The highest BCUT2D eigenvalue weighted by atomic mass is 16.2. The van der Waals surface area contributed by atoms with Crippen molar-refractivity contribution in [3.05, 3.63) is 24.3 Å². The number of H-pyrrole nitrogens is 1. The first kappa shape index (κ1) is 16.5. The van der Waals surface area contributed by atoms with Crippen LogP contribution in [0.4, 0.5) is 5.95 Å². The molecule has 1 saturated carbocycles. The summed E-state index contributed by atoms with van der Waals surface area (Å²) in [5, 5.41) is 5.51. The zero-order valence-corrected chi connectivity index (χ0v) is 14.0. The highest BCUT2D eigenvalue weighted by molar-refractivity contribution is 5.96. The van der Waals surface area contributed by atoms with E-state index in [0.29, 0.717) is 18.3 Å². The maximum Gasteiger partial charge on any atom is 0.248 e. The number of carbonyl (C=O) groups is 2. The molecule has 1 aliphatic carbocycles. The molecule has 1 aromatic carbocycles. The van der Waals surface area contributed by atoms with Gasteiger partial charge in [-0.3, -0.25) is 14.9 Å². The maximum absolute atomic E-state index is 12.2. The molecule has 3 rings (SSSR count). The SMILES string of the molecule is CC(NC(=O)CC1CCCCC1)C(=O)Nc1nc2ccccc2[nH]1. The third-order valence-electron chi connectivity index (χ3n) is 4.60. The monoisotopic (exact) mass is 328 g/mol. The third-order valence-corrected chi connectivity index (χ3v) is 4.60. The fraction of sp³-hybridized carbons (Fsp3) is 0.500. The third kappa shape index (κ3) is 4.13. The van der Waals surface area contributed by atoms with E-state index in [-0.39, 0.29) is 11.8 Å². The normalized spacial score (nSPS) is 16.7. The van der Waals surface area contributed by atoms with Gasteiger partial charge in [-0.15, -0.1) is 0 Å². The molecule has 1 aromatic heterocycles. The topological polar surface area (TPSA) is 86.9 Å². The van der Waals surface area contributed by atoms with Gasteiger partial charge in [0.15, 0.2) is 0 Å². The summed E-state index contributed by atoms with van der Waals surface area (Å²) in [5.41, 5.74) is 1.66. The Balaban J connectivity index is 1.51. The summed E-state index contributed by atoms with van der Waals surface area (Å²) in [5.74, 6) is 0.541. The number of amides is 2. The van der Waals surface area contributed by atoms with E-state index in [2.05, 4.69) is 20.6 Å². The molecule has 0 radical (unpaired) electrons. The van der Waals surface area contributed by atoms with Crippen molar-refractivity contribution in [3.63, 3.8) is 0 Å². The van der Waals surface area contributed by atoms with Gasteiger partial charge in [0.2, 0.25) is 17.8 Å². The van der Waals surface area contributed by atoms with E-state index >= 15 is 0 Å². The van der Waals surface area contributed by atoms with Crippen LogP contribution in [0, 0.1) is 5.92 Å². The number of carbonyl (C=O) groups excluding carboxylic acids is 2. The number of para-hydroxylation sites is 2. The van der Waals surface area contributed by atoms with E-state index in [4.69, 9.17) is 0 Å². The smallest absolute Gasteiger partial charge is 0.248 e. The average Bonchev–Trinajstić information content (AvgIpc) is 2.97. The lowest BCUT2D eigenvalue weighted by molar-refractivity contribution is -0.127. The van der Waals surface area contributed by atoms with Crippen molar-refractivity contribution in [2.75, 3.05) is 5.32 Å². The molecule has 128 valence electrons. The molecule has 24 heavy (non-hydrogen) atoms. The molecule has 0 saturated heterocycles. The second-order valence-electron chi connectivity index (χ2n) is 6.59. The van der Waals surface area contributed by atoms with Crippen molar-refractivity contribution in [1.29, 1.82) is 0 Å². The molecule has 2 aromatic rings. The first-order chi connectivity index (χ1) is 11.6. The minimum atomic E-state index is -0.589. The van der Waals surface area contributed by atoms with Crippen molar-refractivity contribution < 1.29 is 9.59 Å². The van der Waals surface area contributed by atoms with Crippen molar-refractivity contribution >= 4 is 28.8 Å². The first-order valence-corrected chi connectivity index (χ1v) is 8.67. The van der Waals surface area contributed by atoms with Crippen LogP contribution in [-0.2, 0) is 9.59 Å². The number of fused-ring (bicyclic) bond motifs is 1. The zero-order chi connectivity index (χ0) is 16.9. The Morgan fingerprint density at radius 2 is 2.00 bits per heavy atom. The lowest BCUT2D eigenvalue weighted by Gasteiger charge is -2.21. The van der Waals surface area contributed by atoms with Crippen molar-refractivity contribution in [3.8, 4) is 0 Å². The summed E-state index contributed by atoms with van der Waals surface area (Å²) >= 11 is 0. The van der Waals surface area contributed by atoms with Gasteiger partial charge in [-0.1, -0.05) is 31.4 Å². The number of aromatic amines is 1. The quantitative estimate of drug-likeness (QED) is 0.788. The van der Waals surface area contributed by atoms with E-state index in [1.807, 2.05) is 24.3 Å².